The Morgan fingerprint density at radius 2 is 2.17 bits per heavy atom. The Bertz CT molecular complexity index is 226. The molecular weight excluding hydrogens is 264 g/mol. The molecule has 0 aromatic rings. The van der Waals surface area contributed by atoms with E-state index in [0.717, 1.165) is 24.5 Å². The fraction of sp³-hybridized carbons (Fsp3) is 0.929. The topological polar surface area (TPSA) is 26.3 Å². The van der Waals surface area contributed by atoms with Crippen molar-refractivity contribution >= 4 is 27.6 Å². The average molecular weight is 290 g/mol. The first-order valence-corrected chi connectivity index (χ1v) is 9.50. The Morgan fingerprint density at radius 1 is 1.33 bits per heavy atom. The van der Waals surface area contributed by atoms with Crippen LogP contribution in [0.4, 0.5) is 0 Å². The lowest BCUT2D eigenvalue weighted by molar-refractivity contribution is -0.143. The van der Waals surface area contributed by atoms with Crippen molar-refractivity contribution in [2.45, 2.75) is 64.0 Å². The van der Waals surface area contributed by atoms with Crippen molar-refractivity contribution in [3.63, 3.8) is 0 Å². The normalized spacial score (nSPS) is 19.4. The Hall–Kier alpha value is 0.170. The van der Waals surface area contributed by atoms with E-state index in [2.05, 4.69) is 13.8 Å². The van der Waals surface area contributed by atoms with Gasteiger partial charge in [-0.3, -0.25) is 4.79 Å². The largest absolute Gasteiger partial charge is 0.466 e. The van der Waals surface area contributed by atoms with Gasteiger partial charge in [0.1, 0.15) is 0 Å². The third kappa shape index (κ3) is 8.30. The number of carbonyl (C=O) groups excluding carboxylic acids is 1. The molecule has 0 aromatic heterocycles. The molecular formula is C14H26O2S2. The van der Waals surface area contributed by atoms with E-state index < -0.39 is 0 Å². The standard InChI is InChI=1S/C14H26O2S2/c1-12(2)6-5-10-16-14(15)8-4-3-7-13-9-11-17-18-13/h12-13H,3-11H2,1-2H3/t13-/m1/s1. The molecule has 0 radical (unpaired) electrons. The minimum atomic E-state index is -0.00722. The number of hydrogen-bond acceptors (Lipinski definition) is 4. The highest BCUT2D eigenvalue weighted by molar-refractivity contribution is 8.77. The van der Waals surface area contributed by atoms with Crippen molar-refractivity contribution in [3.8, 4) is 0 Å². The lowest BCUT2D eigenvalue weighted by atomic mass is 10.1. The predicted octanol–water partition coefficient (Wildman–Crippen LogP) is 4.68. The van der Waals surface area contributed by atoms with Crippen LogP contribution in [0, 0.1) is 5.92 Å². The second-order valence-corrected chi connectivity index (χ2v) is 8.12. The van der Waals surface area contributed by atoms with Crippen LogP contribution in [0.25, 0.3) is 0 Å². The molecule has 2 nitrogen and oxygen atoms in total. The first-order valence-electron chi connectivity index (χ1n) is 7.12. The predicted molar refractivity (Wildman–Crippen MR) is 82.0 cm³/mol. The maximum absolute atomic E-state index is 11.5. The molecule has 0 bridgehead atoms. The van der Waals surface area contributed by atoms with Crippen LogP contribution in [0.1, 0.15) is 58.8 Å². The SMILES string of the molecule is CC(C)CCCOC(=O)CCCC[C@@H]1CCSS1. The van der Waals surface area contributed by atoms with Crippen LogP contribution in [0.2, 0.25) is 0 Å². The highest BCUT2D eigenvalue weighted by atomic mass is 33.1. The number of unbranched alkanes of at least 4 members (excludes halogenated alkanes) is 1. The van der Waals surface area contributed by atoms with E-state index in [4.69, 9.17) is 4.74 Å². The van der Waals surface area contributed by atoms with E-state index in [0.29, 0.717) is 18.9 Å². The van der Waals surface area contributed by atoms with Gasteiger partial charge in [0, 0.05) is 17.4 Å². The monoisotopic (exact) mass is 290 g/mol. The highest BCUT2D eigenvalue weighted by Crippen LogP contribution is 2.39. The van der Waals surface area contributed by atoms with Crippen LogP contribution < -0.4 is 0 Å². The molecule has 0 amide bonds. The molecule has 4 heteroatoms. The number of rotatable bonds is 9. The summed E-state index contributed by atoms with van der Waals surface area (Å²) in [6.07, 6.45) is 7.51. The van der Waals surface area contributed by atoms with Crippen LogP contribution in [-0.2, 0) is 9.53 Å². The first-order chi connectivity index (χ1) is 8.68. The van der Waals surface area contributed by atoms with Gasteiger partial charge < -0.3 is 4.74 Å². The van der Waals surface area contributed by atoms with E-state index in [1.54, 1.807) is 0 Å². The molecule has 1 aliphatic heterocycles. The molecule has 106 valence electrons. The van der Waals surface area contributed by atoms with Crippen LogP contribution in [0.15, 0.2) is 0 Å². The Kier molecular flexibility index (Phi) is 9.03. The van der Waals surface area contributed by atoms with Crippen LogP contribution >= 0.6 is 21.6 Å². The zero-order valence-electron chi connectivity index (χ0n) is 11.7. The Balaban J connectivity index is 1.87. The van der Waals surface area contributed by atoms with Gasteiger partial charge in [0.25, 0.3) is 0 Å². The van der Waals surface area contributed by atoms with Gasteiger partial charge in [-0.2, -0.15) is 0 Å². The highest BCUT2D eigenvalue weighted by Gasteiger charge is 2.15. The zero-order chi connectivity index (χ0) is 13.2. The molecule has 1 fully saturated rings. The van der Waals surface area contributed by atoms with E-state index in [1.165, 1.54) is 25.0 Å². The van der Waals surface area contributed by atoms with Crippen molar-refractivity contribution in [2.24, 2.45) is 5.92 Å². The van der Waals surface area contributed by atoms with E-state index in [9.17, 15) is 4.79 Å². The summed E-state index contributed by atoms with van der Waals surface area (Å²) in [7, 11) is 4.01. The summed E-state index contributed by atoms with van der Waals surface area (Å²) in [5, 5.41) is 0.831. The third-order valence-electron chi connectivity index (χ3n) is 3.07. The van der Waals surface area contributed by atoms with Gasteiger partial charge in [0.15, 0.2) is 0 Å². The zero-order valence-corrected chi connectivity index (χ0v) is 13.3. The van der Waals surface area contributed by atoms with Crippen molar-refractivity contribution < 1.29 is 9.53 Å². The summed E-state index contributed by atoms with van der Waals surface area (Å²) in [5.74, 6) is 1.99. The molecule has 0 N–H and O–H groups in total. The van der Waals surface area contributed by atoms with Crippen molar-refractivity contribution in [1.29, 1.82) is 0 Å². The van der Waals surface area contributed by atoms with Gasteiger partial charge in [0.05, 0.1) is 6.61 Å². The molecule has 0 unspecified atom stereocenters. The molecule has 0 saturated carbocycles. The molecule has 18 heavy (non-hydrogen) atoms. The minimum Gasteiger partial charge on any atom is -0.466 e. The number of ether oxygens (including phenoxy) is 1. The van der Waals surface area contributed by atoms with E-state index in [-0.39, 0.29) is 5.97 Å². The van der Waals surface area contributed by atoms with Crippen LogP contribution in [-0.4, -0.2) is 23.6 Å². The molecule has 1 saturated heterocycles. The summed E-state index contributed by atoms with van der Waals surface area (Å²) in [6.45, 7) is 4.99. The number of carbonyl (C=O) groups is 1. The number of esters is 1. The second kappa shape index (κ2) is 10.0. The lowest BCUT2D eigenvalue weighted by Gasteiger charge is -2.08. The van der Waals surface area contributed by atoms with Gasteiger partial charge >= 0.3 is 5.97 Å². The third-order valence-corrected chi connectivity index (χ3v) is 6.08. The maximum Gasteiger partial charge on any atom is 0.305 e. The van der Waals surface area contributed by atoms with Gasteiger partial charge in [-0.15, -0.1) is 0 Å². The maximum atomic E-state index is 11.5. The van der Waals surface area contributed by atoms with Crippen molar-refractivity contribution in [3.05, 3.63) is 0 Å². The quantitative estimate of drug-likeness (QED) is 0.350. The van der Waals surface area contributed by atoms with E-state index >= 15 is 0 Å². The van der Waals surface area contributed by atoms with Crippen molar-refractivity contribution in [1.82, 2.24) is 0 Å². The van der Waals surface area contributed by atoms with Crippen LogP contribution in [0.3, 0.4) is 0 Å². The minimum absolute atomic E-state index is 0.00722. The molecule has 0 aromatic carbocycles. The lowest BCUT2D eigenvalue weighted by Crippen LogP contribution is -2.07. The summed E-state index contributed by atoms with van der Waals surface area (Å²) in [5.41, 5.74) is 0. The number of hydrogen-bond donors (Lipinski definition) is 0. The van der Waals surface area contributed by atoms with E-state index in [1.807, 2.05) is 21.6 Å². The summed E-state index contributed by atoms with van der Waals surface area (Å²) < 4.78 is 5.22. The van der Waals surface area contributed by atoms with Gasteiger partial charge in [-0.25, -0.2) is 0 Å². The molecule has 1 aliphatic rings. The van der Waals surface area contributed by atoms with Gasteiger partial charge in [-0.05, 0) is 38.0 Å². The first kappa shape index (κ1) is 16.2. The molecule has 1 heterocycles. The summed E-state index contributed by atoms with van der Waals surface area (Å²) in [6, 6.07) is 0. The molecule has 1 atom stereocenters. The second-order valence-electron chi connectivity index (χ2n) is 5.33. The van der Waals surface area contributed by atoms with Gasteiger partial charge in [-0.1, -0.05) is 41.9 Å². The average Bonchev–Trinajstić information content (AvgIpc) is 2.83. The smallest absolute Gasteiger partial charge is 0.305 e. The summed E-state index contributed by atoms with van der Waals surface area (Å²) >= 11 is 0. The Morgan fingerprint density at radius 3 is 2.83 bits per heavy atom. The molecule has 0 spiro atoms. The molecule has 1 rings (SSSR count). The fourth-order valence-corrected chi connectivity index (χ4v) is 4.98. The Labute approximate surface area is 119 Å². The van der Waals surface area contributed by atoms with Crippen molar-refractivity contribution in [2.75, 3.05) is 12.4 Å². The van der Waals surface area contributed by atoms with Crippen LogP contribution in [0.5, 0.6) is 0 Å². The van der Waals surface area contributed by atoms with Gasteiger partial charge in [0.2, 0.25) is 0 Å². The fourth-order valence-electron chi connectivity index (χ4n) is 1.96. The summed E-state index contributed by atoms with van der Waals surface area (Å²) in [4.78, 5) is 11.5. The molecule has 0 aliphatic carbocycles.